The van der Waals surface area contributed by atoms with Crippen molar-refractivity contribution in [2.75, 3.05) is 33.8 Å². The van der Waals surface area contributed by atoms with Gasteiger partial charge in [0.2, 0.25) is 21.8 Å². The van der Waals surface area contributed by atoms with Crippen LogP contribution in [0.4, 0.5) is 0 Å². The molecular formula is C33H42N6O9S. The first-order valence-corrected chi connectivity index (χ1v) is 16.8. The molecule has 16 heteroatoms. The van der Waals surface area contributed by atoms with Gasteiger partial charge in [-0.3, -0.25) is 24.6 Å². The lowest BCUT2D eigenvalue weighted by Gasteiger charge is -2.38. The Balaban J connectivity index is 0.00000154. The highest BCUT2D eigenvalue weighted by Gasteiger charge is 2.35. The topological polar surface area (TPSA) is 224 Å². The second-order valence-corrected chi connectivity index (χ2v) is 13.2. The zero-order valence-electron chi connectivity index (χ0n) is 27.5. The molecule has 49 heavy (non-hydrogen) atoms. The van der Waals surface area contributed by atoms with Crippen LogP contribution in [0.25, 0.3) is 10.8 Å². The highest BCUT2D eigenvalue weighted by atomic mass is 32.2. The van der Waals surface area contributed by atoms with Gasteiger partial charge >= 0.3 is 5.97 Å². The molecular weight excluding hydrogens is 656 g/mol. The summed E-state index contributed by atoms with van der Waals surface area (Å²) in [5, 5.41) is 26.3. The molecule has 0 aliphatic carbocycles. The largest absolute Gasteiger partial charge is 0.497 e. The maximum Gasteiger partial charge on any atom is 0.323 e. The number of carbonyl (C=O) groups excluding carboxylic acids is 2. The van der Waals surface area contributed by atoms with Gasteiger partial charge in [0.1, 0.15) is 18.3 Å². The molecule has 0 radical (unpaired) electrons. The number of hydrogen-bond acceptors (Lipinski definition) is 8. The van der Waals surface area contributed by atoms with E-state index < -0.39 is 52.8 Å². The summed E-state index contributed by atoms with van der Waals surface area (Å²) in [7, 11) is -1.28. The highest BCUT2D eigenvalue weighted by molar-refractivity contribution is 7.89. The van der Waals surface area contributed by atoms with Crippen LogP contribution in [0.2, 0.25) is 0 Å². The summed E-state index contributed by atoms with van der Waals surface area (Å²) < 4.78 is 34.9. The molecule has 6 N–H and O–H groups in total. The molecule has 0 spiro atoms. The average molecular weight is 699 g/mol. The SMILES string of the molecule is CC(=O)O.COc1ccc(CN(CC(=O)O)C(=O)[C@H](CC(=O)N(C)[C@H]2CCCN(C(=N)N)C2)NS(=O)(=O)c2ccc3ccccc3c2)cc1. The van der Waals surface area contributed by atoms with Crippen LogP contribution < -0.4 is 15.2 Å². The minimum absolute atomic E-state index is 0.107. The number of fused-ring (bicyclic) bond motifs is 1. The first kappa shape index (κ1) is 38.2. The Bertz CT molecular complexity index is 1760. The van der Waals surface area contributed by atoms with Crippen molar-refractivity contribution in [2.45, 2.75) is 49.7 Å². The molecule has 1 saturated heterocycles. The predicted molar refractivity (Wildman–Crippen MR) is 181 cm³/mol. The van der Waals surface area contributed by atoms with E-state index >= 15 is 0 Å². The number of sulfonamides is 1. The van der Waals surface area contributed by atoms with Gasteiger partial charge in [-0.15, -0.1) is 0 Å². The summed E-state index contributed by atoms with van der Waals surface area (Å²) in [4.78, 5) is 52.4. The number of methoxy groups -OCH3 is 1. The zero-order chi connectivity index (χ0) is 36.3. The number of rotatable bonds is 12. The van der Waals surface area contributed by atoms with Gasteiger partial charge in [0.05, 0.1) is 18.4 Å². The van der Waals surface area contributed by atoms with E-state index in [1.165, 1.54) is 24.1 Å². The quantitative estimate of drug-likeness (QED) is 0.136. The predicted octanol–water partition coefficient (Wildman–Crippen LogP) is 1.91. The average Bonchev–Trinajstić information content (AvgIpc) is 3.06. The Kier molecular flexibility index (Phi) is 13.5. The molecule has 4 rings (SSSR count). The number of aliphatic carboxylic acids is 2. The number of benzene rings is 3. The summed E-state index contributed by atoms with van der Waals surface area (Å²) in [6.45, 7) is 1.11. The van der Waals surface area contributed by atoms with Gasteiger partial charge in [0.15, 0.2) is 5.96 Å². The van der Waals surface area contributed by atoms with Gasteiger partial charge in [-0.25, -0.2) is 8.42 Å². The van der Waals surface area contributed by atoms with Crippen molar-refractivity contribution in [3.8, 4) is 5.75 Å². The van der Waals surface area contributed by atoms with E-state index in [0.29, 0.717) is 42.6 Å². The maximum absolute atomic E-state index is 14.0. The molecule has 1 heterocycles. The van der Waals surface area contributed by atoms with E-state index in [1.54, 1.807) is 54.4 Å². The van der Waals surface area contributed by atoms with Gasteiger partial charge in [-0.2, -0.15) is 4.72 Å². The molecule has 264 valence electrons. The van der Waals surface area contributed by atoms with E-state index in [4.69, 9.17) is 25.8 Å². The molecule has 0 bridgehead atoms. The summed E-state index contributed by atoms with van der Waals surface area (Å²) >= 11 is 0. The summed E-state index contributed by atoms with van der Waals surface area (Å²) in [5.74, 6) is -3.07. The number of carboxylic acid groups (broad SMARTS) is 2. The molecule has 2 amide bonds. The molecule has 1 fully saturated rings. The molecule has 3 aromatic rings. The molecule has 0 aromatic heterocycles. The number of hydrogen-bond donors (Lipinski definition) is 5. The van der Waals surface area contributed by atoms with Crippen LogP contribution in [0, 0.1) is 5.41 Å². The minimum atomic E-state index is -4.34. The van der Waals surface area contributed by atoms with Crippen LogP contribution in [0.5, 0.6) is 5.75 Å². The van der Waals surface area contributed by atoms with Gasteiger partial charge < -0.3 is 35.4 Å². The summed E-state index contributed by atoms with van der Waals surface area (Å²) in [5.41, 5.74) is 6.24. The molecule has 2 atom stereocenters. The number of nitrogens with two attached hydrogens (primary N) is 1. The van der Waals surface area contributed by atoms with E-state index in [0.717, 1.165) is 17.2 Å². The lowest BCUT2D eigenvalue weighted by Crippen LogP contribution is -2.54. The maximum atomic E-state index is 14.0. The fourth-order valence-corrected chi connectivity index (χ4v) is 6.55. The fraction of sp³-hybridized carbons (Fsp3) is 0.364. The Hall–Kier alpha value is -5.22. The van der Waals surface area contributed by atoms with E-state index in [9.17, 15) is 27.9 Å². The van der Waals surface area contributed by atoms with Gasteiger partial charge in [-0.05, 0) is 53.4 Å². The summed E-state index contributed by atoms with van der Waals surface area (Å²) in [6.07, 6.45) is 0.764. The third-order valence-corrected chi connectivity index (χ3v) is 9.32. The van der Waals surface area contributed by atoms with Crippen molar-refractivity contribution < 1.29 is 42.5 Å². The Morgan fingerprint density at radius 2 is 1.69 bits per heavy atom. The van der Waals surface area contributed by atoms with Crippen molar-refractivity contribution in [3.63, 3.8) is 0 Å². The highest BCUT2D eigenvalue weighted by Crippen LogP contribution is 2.21. The molecule has 3 aromatic carbocycles. The van der Waals surface area contributed by atoms with Gasteiger partial charge in [0, 0.05) is 39.6 Å². The lowest BCUT2D eigenvalue weighted by molar-refractivity contribution is -0.146. The molecule has 15 nitrogen and oxygen atoms in total. The third-order valence-electron chi connectivity index (χ3n) is 7.85. The number of carbonyl (C=O) groups is 4. The van der Waals surface area contributed by atoms with Crippen LogP contribution in [0.1, 0.15) is 31.7 Å². The number of nitrogens with zero attached hydrogens (tertiary/aromatic N) is 3. The number of carboxylic acids is 2. The number of amides is 2. The number of piperidine rings is 1. The van der Waals surface area contributed by atoms with Crippen LogP contribution in [-0.4, -0.2) is 109 Å². The molecule has 1 aliphatic rings. The Morgan fingerprint density at radius 3 is 2.29 bits per heavy atom. The lowest BCUT2D eigenvalue weighted by atomic mass is 10.0. The van der Waals surface area contributed by atoms with E-state index in [-0.39, 0.29) is 23.4 Å². The fourth-order valence-electron chi connectivity index (χ4n) is 5.33. The van der Waals surface area contributed by atoms with Crippen molar-refractivity contribution in [3.05, 3.63) is 72.3 Å². The number of ether oxygens (including phenoxy) is 1. The summed E-state index contributed by atoms with van der Waals surface area (Å²) in [6, 6.07) is 16.4. The monoisotopic (exact) mass is 698 g/mol. The minimum Gasteiger partial charge on any atom is -0.497 e. The first-order chi connectivity index (χ1) is 23.1. The second-order valence-electron chi connectivity index (χ2n) is 11.5. The second kappa shape index (κ2) is 17.3. The molecule has 0 saturated carbocycles. The Labute approximate surface area is 284 Å². The standard InChI is InChI=1S/C31H38N6O7S.C2H4O2/c1-35(24-8-5-15-36(19-24)31(32)33)28(38)17-27(34-45(42,43)26-14-11-22-6-3-4-7-23(22)16-26)30(41)37(20-29(39)40)18-21-9-12-25(44-2)13-10-21;1-2(3)4/h3-4,6-7,9-14,16,24,27,34H,5,8,15,17-20H2,1-2H3,(H3,32,33)(H,39,40);1H3,(H,3,4)/t24-,27-;/m0./s1. The van der Waals surface area contributed by atoms with Crippen LogP contribution in [-0.2, 0) is 35.7 Å². The smallest absolute Gasteiger partial charge is 0.323 e. The molecule has 1 aliphatic heterocycles. The number of nitrogens with one attached hydrogen (secondary N) is 2. The van der Waals surface area contributed by atoms with Crippen molar-refractivity contribution in [2.24, 2.45) is 5.73 Å². The van der Waals surface area contributed by atoms with E-state index in [1.807, 2.05) is 12.1 Å². The van der Waals surface area contributed by atoms with Crippen LogP contribution >= 0.6 is 0 Å². The van der Waals surface area contributed by atoms with Crippen molar-refractivity contribution >= 4 is 50.5 Å². The number of guanidine groups is 1. The van der Waals surface area contributed by atoms with Crippen LogP contribution in [0.3, 0.4) is 0 Å². The van der Waals surface area contributed by atoms with Crippen LogP contribution in [0.15, 0.2) is 71.6 Å². The first-order valence-electron chi connectivity index (χ1n) is 15.3. The third kappa shape index (κ3) is 11.2. The number of likely N-dealkylation sites (N-methyl/N-ethyl adjacent to an activating group) is 1. The Morgan fingerprint density at radius 1 is 1.06 bits per heavy atom. The van der Waals surface area contributed by atoms with Crippen molar-refractivity contribution in [1.29, 1.82) is 5.41 Å². The van der Waals surface area contributed by atoms with E-state index in [2.05, 4.69) is 4.72 Å². The molecule has 0 unspecified atom stereocenters. The van der Waals surface area contributed by atoms with Gasteiger partial charge in [0.25, 0.3) is 5.97 Å². The van der Waals surface area contributed by atoms with Gasteiger partial charge in [-0.1, -0.05) is 42.5 Å². The van der Waals surface area contributed by atoms with Crippen molar-refractivity contribution in [1.82, 2.24) is 19.4 Å². The zero-order valence-corrected chi connectivity index (χ0v) is 28.4. The normalized spacial score (nSPS) is 14.9. The number of likely N-dealkylation sites (tertiary alicyclic amines) is 1.